The Morgan fingerprint density at radius 2 is 1.47 bits per heavy atom. The zero-order valence-electron chi connectivity index (χ0n) is 19.9. The Labute approximate surface area is 213 Å². The van der Waals surface area contributed by atoms with E-state index in [1.165, 1.54) is 11.1 Å². The Morgan fingerprint density at radius 3 is 2.00 bits per heavy atom. The molecule has 14 heteroatoms. The van der Waals surface area contributed by atoms with Crippen LogP contribution in [0.1, 0.15) is 24.0 Å². The highest BCUT2D eigenvalue weighted by Crippen LogP contribution is 2.33. The minimum absolute atomic E-state index is 0.196. The molecular weight excluding hydrogens is 526 g/mol. The van der Waals surface area contributed by atoms with Gasteiger partial charge in [0.25, 0.3) is 0 Å². The number of rotatable bonds is 5. The van der Waals surface area contributed by atoms with Crippen molar-refractivity contribution < 1.29 is 55.6 Å². The van der Waals surface area contributed by atoms with Gasteiger partial charge in [-0.3, -0.25) is 9.88 Å². The molecule has 210 valence electrons. The van der Waals surface area contributed by atoms with Crippen LogP contribution >= 0.6 is 0 Å². The molecule has 1 saturated heterocycles. The SMILES string of the molecule is O=C(O)C(F)(F)F.O=C(O)C(F)(F)F.c1ccc(CN2CCO[C@H]3[C@H](OCc4ccncc4)CC[C@@H]32)cc1. The lowest BCUT2D eigenvalue weighted by molar-refractivity contribution is -0.193. The molecule has 1 saturated carbocycles. The maximum atomic E-state index is 10.6. The minimum Gasteiger partial charge on any atom is -0.475 e. The van der Waals surface area contributed by atoms with Crippen molar-refractivity contribution in [3.63, 3.8) is 0 Å². The molecule has 8 nitrogen and oxygen atoms in total. The molecule has 38 heavy (non-hydrogen) atoms. The maximum Gasteiger partial charge on any atom is 0.490 e. The molecule has 3 atom stereocenters. The van der Waals surface area contributed by atoms with Crippen LogP contribution < -0.4 is 0 Å². The van der Waals surface area contributed by atoms with E-state index < -0.39 is 24.3 Å². The van der Waals surface area contributed by atoms with Crippen LogP contribution in [-0.4, -0.2) is 75.8 Å². The van der Waals surface area contributed by atoms with Crippen LogP contribution in [0.5, 0.6) is 0 Å². The first-order chi connectivity index (χ1) is 17.8. The first-order valence-electron chi connectivity index (χ1n) is 11.3. The van der Waals surface area contributed by atoms with Gasteiger partial charge in [-0.25, -0.2) is 9.59 Å². The van der Waals surface area contributed by atoms with Gasteiger partial charge in [-0.15, -0.1) is 0 Å². The van der Waals surface area contributed by atoms with Gasteiger partial charge < -0.3 is 19.7 Å². The molecule has 1 aromatic heterocycles. The van der Waals surface area contributed by atoms with E-state index >= 15 is 0 Å². The van der Waals surface area contributed by atoms with Crippen molar-refractivity contribution in [1.29, 1.82) is 0 Å². The molecule has 1 aliphatic heterocycles. The van der Waals surface area contributed by atoms with Crippen molar-refractivity contribution in [2.45, 2.75) is 56.6 Å². The molecule has 2 aliphatic rings. The topological polar surface area (TPSA) is 109 Å². The maximum absolute atomic E-state index is 10.6. The van der Waals surface area contributed by atoms with Crippen LogP contribution in [-0.2, 0) is 32.2 Å². The number of ether oxygens (including phenoxy) is 2. The first kappa shape index (κ1) is 31.0. The number of fused-ring (bicyclic) bond motifs is 1. The fraction of sp³-hybridized carbons (Fsp3) is 0.458. The van der Waals surface area contributed by atoms with Crippen molar-refractivity contribution in [2.75, 3.05) is 13.2 Å². The second kappa shape index (κ2) is 14.1. The summed E-state index contributed by atoms with van der Waals surface area (Å²) in [5.41, 5.74) is 2.55. The van der Waals surface area contributed by atoms with Crippen molar-refractivity contribution in [3.8, 4) is 0 Å². The van der Waals surface area contributed by atoms with Crippen LogP contribution in [0, 0.1) is 0 Å². The van der Waals surface area contributed by atoms with Crippen molar-refractivity contribution >= 4 is 11.9 Å². The summed E-state index contributed by atoms with van der Waals surface area (Å²) in [7, 11) is 0. The lowest BCUT2D eigenvalue weighted by Crippen LogP contribution is -2.51. The molecule has 1 aromatic carbocycles. The predicted octanol–water partition coefficient (Wildman–Crippen LogP) is 4.30. The van der Waals surface area contributed by atoms with Gasteiger partial charge in [0.15, 0.2) is 0 Å². The summed E-state index contributed by atoms with van der Waals surface area (Å²) < 4.78 is 75.7. The third kappa shape index (κ3) is 10.3. The van der Waals surface area contributed by atoms with Gasteiger partial charge in [0.2, 0.25) is 0 Å². The number of aromatic nitrogens is 1. The first-order valence-corrected chi connectivity index (χ1v) is 11.3. The summed E-state index contributed by atoms with van der Waals surface area (Å²) in [5, 5.41) is 14.2. The average molecular weight is 552 g/mol. The quantitative estimate of drug-likeness (QED) is 0.529. The zero-order valence-corrected chi connectivity index (χ0v) is 19.9. The molecule has 2 aromatic rings. The lowest BCUT2D eigenvalue weighted by atomic mass is 10.1. The van der Waals surface area contributed by atoms with E-state index in [0.29, 0.717) is 12.6 Å². The summed E-state index contributed by atoms with van der Waals surface area (Å²) in [4.78, 5) is 24.4. The number of aliphatic carboxylic acids is 2. The Morgan fingerprint density at radius 1 is 0.921 bits per heavy atom. The van der Waals surface area contributed by atoms with Gasteiger partial charge in [0.05, 0.1) is 25.4 Å². The monoisotopic (exact) mass is 552 g/mol. The summed E-state index contributed by atoms with van der Waals surface area (Å²) in [5.74, 6) is -5.51. The third-order valence-corrected chi connectivity index (χ3v) is 5.58. The predicted molar refractivity (Wildman–Crippen MR) is 120 cm³/mol. The third-order valence-electron chi connectivity index (χ3n) is 5.58. The van der Waals surface area contributed by atoms with E-state index in [1.807, 2.05) is 24.5 Å². The van der Waals surface area contributed by atoms with Gasteiger partial charge >= 0.3 is 24.3 Å². The number of carboxylic acids is 2. The van der Waals surface area contributed by atoms with Gasteiger partial charge in [-0.2, -0.15) is 26.3 Å². The van der Waals surface area contributed by atoms with E-state index in [4.69, 9.17) is 29.3 Å². The molecule has 2 heterocycles. The smallest absolute Gasteiger partial charge is 0.475 e. The molecular formula is C24H26F6N2O6. The highest BCUT2D eigenvalue weighted by Gasteiger charge is 2.43. The van der Waals surface area contributed by atoms with Crippen LogP contribution in [0.3, 0.4) is 0 Å². The number of benzene rings is 1. The Kier molecular flexibility index (Phi) is 11.5. The number of halogens is 6. The van der Waals surface area contributed by atoms with E-state index in [-0.39, 0.29) is 12.2 Å². The number of hydrogen-bond donors (Lipinski definition) is 2. The summed E-state index contributed by atoms with van der Waals surface area (Å²) >= 11 is 0. The Balaban J connectivity index is 0.000000301. The minimum atomic E-state index is -5.08. The lowest BCUT2D eigenvalue weighted by Gasteiger charge is -2.39. The molecule has 2 fully saturated rings. The van der Waals surface area contributed by atoms with E-state index in [0.717, 1.165) is 32.5 Å². The van der Waals surface area contributed by atoms with E-state index in [2.05, 4.69) is 40.2 Å². The number of carbonyl (C=O) groups is 2. The van der Waals surface area contributed by atoms with Crippen molar-refractivity contribution in [3.05, 3.63) is 66.0 Å². The van der Waals surface area contributed by atoms with Crippen molar-refractivity contribution in [1.82, 2.24) is 9.88 Å². The fourth-order valence-corrected chi connectivity index (χ4v) is 3.87. The molecule has 4 rings (SSSR count). The van der Waals surface area contributed by atoms with Crippen LogP contribution in [0.4, 0.5) is 26.3 Å². The standard InChI is InChI=1S/C20H24N2O2.2C2HF3O2/c1-2-4-16(5-3-1)14-22-12-13-23-20-18(22)6-7-19(20)24-15-17-8-10-21-11-9-17;2*3-2(4,5)1(6)7/h1-5,8-11,18-20H,6-7,12-15H2;2*(H,6,7)/t18-,19+,20+;;/m0../s1. The van der Waals surface area contributed by atoms with Crippen molar-refractivity contribution in [2.24, 2.45) is 0 Å². The molecule has 1 aliphatic carbocycles. The largest absolute Gasteiger partial charge is 0.490 e. The van der Waals surface area contributed by atoms with E-state index in [9.17, 15) is 26.3 Å². The zero-order chi connectivity index (χ0) is 28.3. The van der Waals surface area contributed by atoms with Gasteiger partial charge in [0, 0.05) is 31.5 Å². The molecule has 0 radical (unpaired) electrons. The normalized spacial score (nSPS) is 21.3. The summed E-state index contributed by atoms with van der Waals surface area (Å²) in [6, 6.07) is 15.2. The molecule has 0 unspecified atom stereocenters. The second-order valence-electron chi connectivity index (χ2n) is 8.25. The molecule has 0 amide bonds. The van der Waals surface area contributed by atoms with Gasteiger partial charge in [0.1, 0.15) is 0 Å². The molecule has 0 spiro atoms. The fourth-order valence-electron chi connectivity index (χ4n) is 3.87. The number of morpholine rings is 1. The highest BCUT2D eigenvalue weighted by atomic mass is 19.4. The Bertz CT molecular complexity index is 983. The second-order valence-corrected chi connectivity index (χ2v) is 8.25. The number of carboxylic acid groups (broad SMARTS) is 2. The molecule has 2 N–H and O–H groups in total. The summed E-state index contributed by atoms with van der Waals surface area (Å²) in [6.45, 7) is 3.44. The van der Waals surface area contributed by atoms with Gasteiger partial charge in [-0.1, -0.05) is 30.3 Å². The van der Waals surface area contributed by atoms with Gasteiger partial charge in [-0.05, 0) is 36.1 Å². The number of nitrogens with zero attached hydrogens (tertiary/aromatic N) is 2. The Hall–Kier alpha value is -3.23. The number of hydrogen-bond acceptors (Lipinski definition) is 6. The highest BCUT2D eigenvalue weighted by molar-refractivity contribution is 5.73. The van der Waals surface area contributed by atoms with Crippen LogP contribution in [0.15, 0.2) is 54.9 Å². The van der Waals surface area contributed by atoms with E-state index in [1.54, 1.807) is 0 Å². The average Bonchev–Trinajstić information content (AvgIpc) is 3.28. The summed E-state index contributed by atoms with van der Waals surface area (Å²) in [6.07, 6.45) is -3.92. The molecule has 0 bridgehead atoms. The van der Waals surface area contributed by atoms with Crippen LogP contribution in [0.25, 0.3) is 0 Å². The number of pyridine rings is 1. The number of alkyl halides is 6. The van der Waals surface area contributed by atoms with Crippen LogP contribution in [0.2, 0.25) is 0 Å².